The van der Waals surface area contributed by atoms with Crippen LogP contribution in [-0.2, 0) is 9.53 Å². The molecule has 0 rings (SSSR count). The molecule has 0 aliphatic carbocycles. The zero-order valence-corrected chi connectivity index (χ0v) is 7.88. The summed E-state index contributed by atoms with van der Waals surface area (Å²) in [5, 5.41) is 8.27. The van der Waals surface area contributed by atoms with Gasteiger partial charge in [0.05, 0.1) is 5.38 Å². The Bertz CT molecular complexity index is 161. The van der Waals surface area contributed by atoms with E-state index in [1.807, 2.05) is 0 Å². The molecule has 0 saturated carbocycles. The molecule has 3 nitrogen and oxygen atoms in total. The molecule has 5 heteroatoms. The largest absolute Gasteiger partial charge is 0.460 e. The Kier molecular flexibility index (Phi) is 6.16. The fourth-order valence-electron chi connectivity index (χ4n) is 0.458. The van der Waals surface area contributed by atoms with E-state index in [1.54, 1.807) is 0 Å². The molecule has 0 radical (unpaired) electrons. The summed E-state index contributed by atoms with van der Waals surface area (Å²) in [4.78, 5) is 10.8. The molecule has 1 N–H and O–H groups in total. The molecule has 0 aliphatic rings. The van der Waals surface area contributed by atoms with Crippen molar-refractivity contribution in [3.8, 4) is 0 Å². The van der Waals surface area contributed by atoms with Crippen molar-refractivity contribution in [1.82, 2.24) is 0 Å². The quantitative estimate of drug-likeness (QED) is 0.419. The molecule has 0 fully saturated rings. The van der Waals surface area contributed by atoms with Crippen LogP contribution >= 0.6 is 23.2 Å². The molecule has 70 valence electrons. The van der Waals surface area contributed by atoms with Crippen LogP contribution in [-0.4, -0.2) is 35.0 Å². The Morgan fingerprint density at radius 2 is 2.33 bits per heavy atom. The summed E-state index contributed by atoms with van der Waals surface area (Å²) >= 11 is 10.8. The minimum absolute atomic E-state index is 0.00802. The second kappa shape index (κ2) is 6.29. The van der Waals surface area contributed by atoms with Gasteiger partial charge in [-0.2, -0.15) is 0 Å². The van der Waals surface area contributed by atoms with Crippen LogP contribution in [0.4, 0.5) is 0 Å². The Morgan fingerprint density at radius 1 is 1.75 bits per heavy atom. The molecule has 0 bridgehead atoms. The highest BCUT2D eigenvalue weighted by atomic mass is 35.5. The number of halogens is 2. The summed E-state index contributed by atoms with van der Waals surface area (Å²) in [6.07, 6.45) is 0.0262. The summed E-state index contributed by atoms with van der Waals surface area (Å²) in [5.74, 6) is -0.790. The van der Waals surface area contributed by atoms with Gasteiger partial charge in [0.1, 0.15) is 6.61 Å². The Balaban J connectivity index is 3.83. The second-order valence-electron chi connectivity index (χ2n) is 2.03. The lowest BCUT2D eigenvalue weighted by Gasteiger charge is -2.12. The molecule has 12 heavy (non-hydrogen) atoms. The SMILES string of the molecule is C=CCOC(=O)C(O)C(Cl)CCl. The zero-order valence-electron chi connectivity index (χ0n) is 6.37. The topological polar surface area (TPSA) is 46.5 Å². The fourth-order valence-corrected chi connectivity index (χ4v) is 0.730. The van der Waals surface area contributed by atoms with Gasteiger partial charge in [-0.25, -0.2) is 4.79 Å². The van der Waals surface area contributed by atoms with E-state index in [2.05, 4.69) is 11.3 Å². The van der Waals surface area contributed by atoms with Gasteiger partial charge in [-0.3, -0.25) is 0 Å². The van der Waals surface area contributed by atoms with E-state index < -0.39 is 17.5 Å². The molecule has 0 aromatic heterocycles. The molecule has 2 unspecified atom stereocenters. The summed E-state index contributed by atoms with van der Waals surface area (Å²) in [7, 11) is 0. The van der Waals surface area contributed by atoms with Crippen LogP contribution in [0, 0.1) is 0 Å². The van der Waals surface area contributed by atoms with Gasteiger partial charge in [-0.1, -0.05) is 12.7 Å². The van der Waals surface area contributed by atoms with Crippen LogP contribution in [0.3, 0.4) is 0 Å². The third kappa shape index (κ3) is 3.95. The first-order valence-corrected chi connectivity index (χ1v) is 4.26. The van der Waals surface area contributed by atoms with Crippen LogP contribution in [0.2, 0.25) is 0 Å². The number of alkyl halides is 2. The number of ether oxygens (including phenoxy) is 1. The van der Waals surface area contributed by atoms with Gasteiger partial charge in [0.25, 0.3) is 0 Å². The van der Waals surface area contributed by atoms with Crippen LogP contribution in [0.5, 0.6) is 0 Å². The van der Waals surface area contributed by atoms with Crippen molar-refractivity contribution in [3.63, 3.8) is 0 Å². The molecular formula is C7H10Cl2O3. The molecular weight excluding hydrogens is 203 g/mol. The standard InChI is InChI=1S/C7H10Cl2O3/c1-2-3-12-7(11)6(10)5(9)4-8/h2,5-6,10H,1,3-4H2. The van der Waals surface area contributed by atoms with Gasteiger partial charge in [-0.05, 0) is 0 Å². The van der Waals surface area contributed by atoms with Crippen LogP contribution in [0.25, 0.3) is 0 Å². The first-order valence-electron chi connectivity index (χ1n) is 3.29. The normalized spacial score (nSPS) is 14.9. The van der Waals surface area contributed by atoms with Crippen molar-refractivity contribution in [2.45, 2.75) is 11.5 Å². The molecule has 0 amide bonds. The van der Waals surface area contributed by atoms with Crippen LogP contribution in [0.15, 0.2) is 12.7 Å². The molecule has 0 spiro atoms. The Morgan fingerprint density at radius 3 is 2.75 bits per heavy atom. The molecule has 0 aliphatic heterocycles. The van der Waals surface area contributed by atoms with Crippen molar-refractivity contribution in [2.75, 3.05) is 12.5 Å². The number of carbonyl (C=O) groups excluding carboxylic acids is 1. The number of hydrogen-bond donors (Lipinski definition) is 1. The maximum absolute atomic E-state index is 10.8. The van der Waals surface area contributed by atoms with E-state index in [9.17, 15) is 4.79 Å². The zero-order chi connectivity index (χ0) is 9.56. The van der Waals surface area contributed by atoms with Gasteiger partial charge in [0.15, 0.2) is 6.10 Å². The van der Waals surface area contributed by atoms with Crippen LogP contribution in [0.1, 0.15) is 0 Å². The highest BCUT2D eigenvalue weighted by Crippen LogP contribution is 2.06. The number of carbonyl (C=O) groups is 1. The third-order valence-electron chi connectivity index (χ3n) is 1.07. The number of aliphatic hydroxyl groups excluding tert-OH is 1. The Hall–Kier alpha value is -0.250. The van der Waals surface area contributed by atoms with Gasteiger partial charge >= 0.3 is 5.97 Å². The molecule has 2 atom stereocenters. The summed E-state index contributed by atoms with van der Waals surface area (Å²) in [6, 6.07) is 0. The van der Waals surface area contributed by atoms with Crippen molar-refractivity contribution in [1.29, 1.82) is 0 Å². The lowest BCUT2D eigenvalue weighted by Crippen LogP contribution is -2.33. The van der Waals surface area contributed by atoms with Gasteiger partial charge in [-0.15, -0.1) is 23.2 Å². The van der Waals surface area contributed by atoms with E-state index in [4.69, 9.17) is 28.3 Å². The number of aliphatic hydroxyl groups is 1. The molecule has 0 saturated heterocycles. The monoisotopic (exact) mass is 212 g/mol. The number of rotatable bonds is 5. The van der Waals surface area contributed by atoms with Gasteiger partial charge in [0.2, 0.25) is 0 Å². The highest BCUT2D eigenvalue weighted by Gasteiger charge is 2.24. The molecule has 0 aromatic carbocycles. The predicted molar refractivity (Wildman–Crippen MR) is 47.5 cm³/mol. The maximum atomic E-state index is 10.8. The predicted octanol–water partition coefficient (Wildman–Crippen LogP) is 0.923. The smallest absolute Gasteiger partial charge is 0.336 e. The van der Waals surface area contributed by atoms with E-state index in [-0.39, 0.29) is 12.5 Å². The highest BCUT2D eigenvalue weighted by molar-refractivity contribution is 6.29. The van der Waals surface area contributed by atoms with Crippen molar-refractivity contribution >= 4 is 29.2 Å². The summed E-state index contributed by atoms with van der Waals surface area (Å²) in [5.41, 5.74) is 0. The minimum Gasteiger partial charge on any atom is -0.460 e. The number of hydrogen-bond acceptors (Lipinski definition) is 3. The molecule has 0 heterocycles. The summed E-state index contributed by atoms with van der Waals surface area (Å²) in [6.45, 7) is 3.40. The lowest BCUT2D eigenvalue weighted by molar-refractivity contribution is -0.152. The first-order chi connectivity index (χ1) is 5.63. The second-order valence-corrected chi connectivity index (χ2v) is 2.90. The average Bonchev–Trinajstić information content (AvgIpc) is 2.11. The van der Waals surface area contributed by atoms with Crippen LogP contribution < -0.4 is 0 Å². The fraction of sp³-hybridized carbons (Fsp3) is 0.571. The lowest BCUT2D eigenvalue weighted by atomic mass is 10.3. The van der Waals surface area contributed by atoms with Gasteiger partial charge in [0, 0.05) is 5.88 Å². The van der Waals surface area contributed by atoms with Gasteiger partial charge < -0.3 is 9.84 Å². The van der Waals surface area contributed by atoms with Crippen molar-refractivity contribution < 1.29 is 14.6 Å². The maximum Gasteiger partial charge on any atom is 0.336 e. The average molecular weight is 213 g/mol. The first kappa shape index (κ1) is 11.8. The number of esters is 1. The van der Waals surface area contributed by atoms with E-state index in [0.29, 0.717) is 0 Å². The van der Waals surface area contributed by atoms with E-state index >= 15 is 0 Å². The van der Waals surface area contributed by atoms with E-state index in [0.717, 1.165) is 0 Å². The minimum atomic E-state index is -1.37. The molecule has 0 aromatic rings. The Labute approximate surface area is 80.9 Å². The summed E-state index contributed by atoms with van der Waals surface area (Å²) < 4.78 is 4.53. The van der Waals surface area contributed by atoms with E-state index in [1.165, 1.54) is 6.08 Å². The van der Waals surface area contributed by atoms with Crippen molar-refractivity contribution in [2.24, 2.45) is 0 Å². The van der Waals surface area contributed by atoms with Crippen molar-refractivity contribution in [3.05, 3.63) is 12.7 Å². The third-order valence-corrected chi connectivity index (χ3v) is 1.96.